The van der Waals surface area contributed by atoms with Gasteiger partial charge in [-0.25, -0.2) is 9.18 Å². The summed E-state index contributed by atoms with van der Waals surface area (Å²) in [4.78, 5) is 11.2. The minimum absolute atomic E-state index is 0.136. The van der Waals surface area contributed by atoms with Crippen molar-refractivity contribution in [3.63, 3.8) is 0 Å². The molecule has 0 atom stereocenters. The van der Waals surface area contributed by atoms with E-state index in [4.69, 9.17) is 22.1 Å². The number of carboxylic acids is 1. The molecule has 0 aliphatic carbocycles. The van der Waals surface area contributed by atoms with Crippen molar-refractivity contribution in [3.8, 4) is 5.75 Å². The quantitative estimate of drug-likeness (QED) is 0.752. The molecule has 2 aromatic rings. The lowest BCUT2D eigenvalue weighted by atomic mass is 10.1. The second-order valence-corrected chi connectivity index (χ2v) is 4.57. The molecule has 110 valence electrons. The van der Waals surface area contributed by atoms with E-state index in [1.54, 1.807) is 18.2 Å². The number of carboxylic acid groups (broad SMARTS) is 1. The topological polar surface area (TPSA) is 84.6 Å². The summed E-state index contributed by atoms with van der Waals surface area (Å²) in [5, 5.41) is 12.4. The molecule has 0 unspecified atom stereocenters. The van der Waals surface area contributed by atoms with Crippen molar-refractivity contribution in [1.29, 1.82) is 0 Å². The van der Waals surface area contributed by atoms with Gasteiger partial charge in [0.15, 0.2) is 0 Å². The van der Waals surface area contributed by atoms with Crippen molar-refractivity contribution >= 4 is 34.6 Å². The van der Waals surface area contributed by atoms with E-state index in [2.05, 4.69) is 5.32 Å². The van der Waals surface area contributed by atoms with Crippen LogP contribution in [0.5, 0.6) is 5.75 Å². The van der Waals surface area contributed by atoms with Crippen LogP contribution in [-0.2, 0) is 0 Å². The average Bonchev–Trinajstić information content (AvgIpc) is 2.45. The number of anilines is 3. The van der Waals surface area contributed by atoms with E-state index in [1.807, 2.05) is 0 Å². The average molecular weight is 311 g/mol. The van der Waals surface area contributed by atoms with Crippen LogP contribution in [0.15, 0.2) is 30.3 Å². The van der Waals surface area contributed by atoms with Gasteiger partial charge in [-0.2, -0.15) is 0 Å². The van der Waals surface area contributed by atoms with Crippen LogP contribution >= 0.6 is 11.6 Å². The molecule has 0 aliphatic rings. The lowest BCUT2D eigenvalue weighted by Gasteiger charge is -2.14. The zero-order chi connectivity index (χ0) is 15.6. The van der Waals surface area contributed by atoms with E-state index in [1.165, 1.54) is 13.2 Å². The molecule has 0 aliphatic heterocycles. The number of carbonyl (C=O) groups is 1. The van der Waals surface area contributed by atoms with Gasteiger partial charge in [-0.05, 0) is 24.3 Å². The van der Waals surface area contributed by atoms with Gasteiger partial charge in [0, 0.05) is 6.07 Å². The molecule has 0 heterocycles. The molecule has 0 radical (unpaired) electrons. The normalized spacial score (nSPS) is 10.2. The summed E-state index contributed by atoms with van der Waals surface area (Å²) in [7, 11) is 1.49. The number of nitrogens with one attached hydrogen (secondary N) is 1. The third-order valence-electron chi connectivity index (χ3n) is 2.85. The molecular formula is C14H12ClFN2O3. The van der Waals surface area contributed by atoms with E-state index in [9.17, 15) is 14.3 Å². The van der Waals surface area contributed by atoms with Crippen molar-refractivity contribution in [1.82, 2.24) is 0 Å². The standard InChI is InChI=1S/C14H12ClFN2O3/c1-21-7-2-3-8(15)11(6-7)18-10-5-4-9(16)13(17)12(10)14(19)20/h2-6,18H,17H2,1H3,(H,19,20). The van der Waals surface area contributed by atoms with Crippen LogP contribution in [-0.4, -0.2) is 18.2 Å². The molecule has 4 N–H and O–H groups in total. The number of benzene rings is 2. The summed E-state index contributed by atoms with van der Waals surface area (Å²) < 4.78 is 18.5. The molecule has 0 saturated carbocycles. The Balaban J connectivity index is 2.49. The molecule has 7 heteroatoms. The van der Waals surface area contributed by atoms with Gasteiger partial charge in [0.2, 0.25) is 0 Å². The van der Waals surface area contributed by atoms with Crippen LogP contribution in [0, 0.1) is 5.82 Å². The molecule has 0 bridgehead atoms. The Morgan fingerprint density at radius 3 is 2.67 bits per heavy atom. The molecule has 2 aromatic carbocycles. The maximum Gasteiger partial charge on any atom is 0.340 e. The largest absolute Gasteiger partial charge is 0.497 e. The Labute approximate surface area is 125 Å². The highest BCUT2D eigenvalue weighted by molar-refractivity contribution is 6.33. The third kappa shape index (κ3) is 3.00. The minimum atomic E-state index is -1.34. The van der Waals surface area contributed by atoms with E-state index in [0.29, 0.717) is 16.5 Å². The van der Waals surface area contributed by atoms with E-state index in [-0.39, 0.29) is 11.3 Å². The molecule has 0 amide bonds. The number of halogens is 2. The first-order chi connectivity index (χ1) is 9.93. The summed E-state index contributed by atoms with van der Waals surface area (Å²) in [6.45, 7) is 0. The fourth-order valence-corrected chi connectivity index (χ4v) is 1.97. The van der Waals surface area contributed by atoms with Gasteiger partial charge in [-0.3, -0.25) is 0 Å². The Morgan fingerprint density at radius 1 is 1.33 bits per heavy atom. The fourth-order valence-electron chi connectivity index (χ4n) is 1.80. The predicted octanol–water partition coefficient (Wildman–Crippen LogP) is 3.51. The highest BCUT2D eigenvalue weighted by Gasteiger charge is 2.18. The molecule has 21 heavy (non-hydrogen) atoms. The Morgan fingerprint density at radius 2 is 2.05 bits per heavy atom. The number of hydrogen-bond acceptors (Lipinski definition) is 4. The van der Waals surface area contributed by atoms with Gasteiger partial charge in [-0.15, -0.1) is 0 Å². The van der Waals surface area contributed by atoms with E-state index in [0.717, 1.165) is 6.07 Å². The van der Waals surface area contributed by atoms with Gasteiger partial charge in [0.25, 0.3) is 0 Å². The van der Waals surface area contributed by atoms with Gasteiger partial charge in [-0.1, -0.05) is 11.6 Å². The van der Waals surface area contributed by atoms with Crippen LogP contribution in [0.1, 0.15) is 10.4 Å². The van der Waals surface area contributed by atoms with Gasteiger partial charge in [0.1, 0.15) is 17.1 Å². The highest BCUT2D eigenvalue weighted by Crippen LogP contribution is 2.33. The summed E-state index contributed by atoms with van der Waals surface area (Å²) in [6, 6.07) is 7.21. The summed E-state index contributed by atoms with van der Waals surface area (Å²) >= 11 is 6.04. The van der Waals surface area contributed by atoms with Crippen molar-refractivity contribution in [3.05, 3.63) is 46.7 Å². The molecule has 0 fully saturated rings. The third-order valence-corrected chi connectivity index (χ3v) is 3.18. The van der Waals surface area contributed by atoms with Gasteiger partial charge < -0.3 is 20.9 Å². The smallest absolute Gasteiger partial charge is 0.340 e. The van der Waals surface area contributed by atoms with Crippen LogP contribution in [0.3, 0.4) is 0 Å². The van der Waals surface area contributed by atoms with Crippen LogP contribution in [0.4, 0.5) is 21.5 Å². The van der Waals surface area contributed by atoms with Gasteiger partial charge in [0.05, 0.1) is 29.2 Å². The van der Waals surface area contributed by atoms with Crippen molar-refractivity contribution < 1.29 is 19.0 Å². The van der Waals surface area contributed by atoms with Crippen LogP contribution in [0.2, 0.25) is 5.02 Å². The van der Waals surface area contributed by atoms with Gasteiger partial charge >= 0.3 is 5.97 Å². The summed E-state index contributed by atoms with van der Waals surface area (Å²) in [5.41, 5.74) is 5.24. The summed E-state index contributed by atoms with van der Waals surface area (Å²) in [5.74, 6) is -1.60. The number of nitrogen functional groups attached to an aromatic ring is 1. The number of methoxy groups -OCH3 is 1. The lowest BCUT2D eigenvalue weighted by Crippen LogP contribution is -2.09. The maximum atomic E-state index is 13.4. The van der Waals surface area contributed by atoms with Crippen molar-refractivity contribution in [2.45, 2.75) is 0 Å². The minimum Gasteiger partial charge on any atom is -0.497 e. The molecular weight excluding hydrogens is 299 g/mol. The maximum absolute atomic E-state index is 13.4. The first-order valence-electron chi connectivity index (χ1n) is 5.86. The summed E-state index contributed by atoms with van der Waals surface area (Å²) in [6.07, 6.45) is 0. The number of nitrogens with two attached hydrogens (primary N) is 1. The Bertz CT molecular complexity index is 707. The molecule has 5 nitrogen and oxygen atoms in total. The molecule has 2 rings (SSSR count). The molecule has 0 spiro atoms. The lowest BCUT2D eigenvalue weighted by molar-refractivity contribution is 0.0698. The molecule has 0 saturated heterocycles. The fraction of sp³-hybridized carbons (Fsp3) is 0.0714. The van der Waals surface area contributed by atoms with Crippen LogP contribution < -0.4 is 15.8 Å². The second-order valence-electron chi connectivity index (χ2n) is 4.16. The highest BCUT2D eigenvalue weighted by atomic mass is 35.5. The predicted molar refractivity (Wildman–Crippen MR) is 79.1 cm³/mol. The number of ether oxygens (including phenoxy) is 1. The van der Waals surface area contributed by atoms with Crippen molar-refractivity contribution in [2.24, 2.45) is 0 Å². The first-order valence-corrected chi connectivity index (χ1v) is 6.23. The Hall–Kier alpha value is -2.47. The van der Waals surface area contributed by atoms with Crippen molar-refractivity contribution in [2.75, 3.05) is 18.2 Å². The first kappa shape index (κ1) is 14.9. The zero-order valence-corrected chi connectivity index (χ0v) is 11.7. The number of hydrogen-bond donors (Lipinski definition) is 3. The number of aromatic carboxylic acids is 1. The zero-order valence-electron chi connectivity index (χ0n) is 11.0. The number of rotatable bonds is 4. The Kier molecular flexibility index (Phi) is 4.18. The van der Waals surface area contributed by atoms with Crippen LogP contribution in [0.25, 0.3) is 0 Å². The SMILES string of the molecule is COc1ccc(Cl)c(Nc2ccc(F)c(N)c2C(=O)O)c1. The van der Waals surface area contributed by atoms with E-state index >= 15 is 0 Å². The van der Waals surface area contributed by atoms with E-state index < -0.39 is 17.5 Å². The second kappa shape index (κ2) is 5.88. The monoisotopic (exact) mass is 310 g/mol. The molecule has 0 aromatic heterocycles.